The number of nitrogens with two attached hydrogens (primary N) is 1. The Labute approximate surface area is 118 Å². The predicted octanol–water partition coefficient (Wildman–Crippen LogP) is 3.58. The highest BCUT2D eigenvalue weighted by atomic mass is 35.5. The largest absolute Gasteiger partial charge is 0.370 e. The van der Waals surface area contributed by atoms with Crippen molar-refractivity contribution in [2.24, 2.45) is 10.7 Å². The Morgan fingerprint density at radius 1 is 1.21 bits per heavy atom. The normalized spacial score (nSPS) is 11.4. The zero-order valence-electron chi connectivity index (χ0n) is 10.7. The number of benzene rings is 2. The second-order valence-electron chi connectivity index (χ2n) is 4.28. The predicted molar refractivity (Wildman–Crippen MR) is 81.6 cm³/mol. The molecule has 0 atom stereocenters. The maximum Gasteiger partial charge on any atom is 0.193 e. The van der Waals surface area contributed by atoms with Crippen molar-refractivity contribution in [1.29, 1.82) is 0 Å². The molecule has 3 nitrogen and oxygen atoms in total. The molecule has 2 aromatic carbocycles. The van der Waals surface area contributed by atoms with Crippen molar-refractivity contribution in [3.63, 3.8) is 0 Å². The van der Waals surface area contributed by atoms with Crippen LogP contribution in [0.25, 0.3) is 0 Å². The van der Waals surface area contributed by atoms with Gasteiger partial charge in [0.2, 0.25) is 0 Å². The molecule has 0 fully saturated rings. The quantitative estimate of drug-likeness (QED) is 0.663. The Bertz CT molecular complexity index is 579. The molecule has 19 heavy (non-hydrogen) atoms. The lowest BCUT2D eigenvalue weighted by atomic mass is 10.1. The van der Waals surface area contributed by atoms with Crippen molar-refractivity contribution in [2.45, 2.75) is 13.5 Å². The number of aliphatic imine (C=N–C) groups is 1. The molecule has 0 aliphatic carbocycles. The molecule has 0 aliphatic rings. The van der Waals surface area contributed by atoms with Gasteiger partial charge in [0, 0.05) is 10.7 Å². The van der Waals surface area contributed by atoms with Gasteiger partial charge in [0.1, 0.15) is 0 Å². The lowest BCUT2D eigenvalue weighted by molar-refractivity contribution is 1.05. The molecule has 0 bridgehead atoms. The average Bonchev–Trinajstić information content (AvgIpc) is 2.41. The number of nitrogens with zero attached hydrogens (tertiary/aromatic N) is 1. The van der Waals surface area contributed by atoms with Crippen LogP contribution in [0.15, 0.2) is 53.5 Å². The van der Waals surface area contributed by atoms with Crippen molar-refractivity contribution in [2.75, 3.05) is 5.32 Å². The van der Waals surface area contributed by atoms with E-state index in [9.17, 15) is 0 Å². The van der Waals surface area contributed by atoms with Gasteiger partial charge in [-0.15, -0.1) is 0 Å². The van der Waals surface area contributed by atoms with Gasteiger partial charge in [-0.25, -0.2) is 4.99 Å². The smallest absolute Gasteiger partial charge is 0.193 e. The van der Waals surface area contributed by atoms with Crippen molar-refractivity contribution in [1.82, 2.24) is 0 Å². The summed E-state index contributed by atoms with van der Waals surface area (Å²) >= 11 is 5.98. The van der Waals surface area contributed by atoms with Gasteiger partial charge in [-0.3, -0.25) is 0 Å². The molecule has 0 radical (unpaired) electrons. The van der Waals surface area contributed by atoms with E-state index in [0.717, 1.165) is 21.8 Å². The lowest BCUT2D eigenvalue weighted by Gasteiger charge is -2.06. The first kappa shape index (κ1) is 13.4. The van der Waals surface area contributed by atoms with Gasteiger partial charge in [0.25, 0.3) is 0 Å². The zero-order chi connectivity index (χ0) is 13.7. The number of nitrogens with one attached hydrogen (secondary N) is 1. The molecular weight excluding hydrogens is 258 g/mol. The minimum absolute atomic E-state index is 0.402. The van der Waals surface area contributed by atoms with Crippen LogP contribution in [0.4, 0.5) is 5.69 Å². The molecule has 0 aliphatic heterocycles. The van der Waals surface area contributed by atoms with Crippen LogP contribution in [0.1, 0.15) is 11.1 Å². The summed E-state index contributed by atoms with van der Waals surface area (Å²) in [4.78, 5) is 4.30. The molecule has 0 heterocycles. The summed E-state index contributed by atoms with van der Waals surface area (Å²) in [7, 11) is 0. The molecule has 4 heteroatoms. The van der Waals surface area contributed by atoms with Gasteiger partial charge in [-0.2, -0.15) is 0 Å². The van der Waals surface area contributed by atoms with E-state index >= 15 is 0 Å². The van der Waals surface area contributed by atoms with Crippen LogP contribution in [0.2, 0.25) is 5.02 Å². The van der Waals surface area contributed by atoms with Crippen LogP contribution in [0.3, 0.4) is 0 Å². The van der Waals surface area contributed by atoms with E-state index in [4.69, 9.17) is 17.3 Å². The number of anilines is 1. The molecule has 0 unspecified atom stereocenters. The third-order valence-electron chi connectivity index (χ3n) is 2.70. The molecule has 0 aromatic heterocycles. The number of hydrogen-bond acceptors (Lipinski definition) is 1. The second-order valence-corrected chi connectivity index (χ2v) is 4.68. The fourth-order valence-corrected chi connectivity index (χ4v) is 1.81. The minimum atomic E-state index is 0.402. The topological polar surface area (TPSA) is 50.4 Å². The highest BCUT2D eigenvalue weighted by Crippen LogP contribution is 2.16. The maximum absolute atomic E-state index is 5.98. The fourth-order valence-electron chi connectivity index (χ4n) is 1.69. The van der Waals surface area contributed by atoms with Gasteiger partial charge >= 0.3 is 0 Å². The number of aryl methyl sites for hydroxylation is 1. The van der Waals surface area contributed by atoms with Crippen LogP contribution in [-0.4, -0.2) is 5.96 Å². The van der Waals surface area contributed by atoms with Crippen molar-refractivity contribution in [3.8, 4) is 0 Å². The number of rotatable bonds is 3. The number of para-hydroxylation sites is 1. The minimum Gasteiger partial charge on any atom is -0.370 e. The van der Waals surface area contributed by atoms with E-state index < -0.39 is 0 Å². The number of hydrogen-bond donors (Lipinski definition) is 2. The van der Waals surface area contributed by atoms with Crippen LogP contribution in [0, 0.1) is 6.92 Å². The molecule has 2 aromatic rings. The Morgan fingerprint density at radius 2 is 1.95 bits per heavy atom. The Hall–Kier alpha value is -2.00. The maximum atomic E-state index is 5.98. The monoisotopic (exact) mass is 273 g/mol. The summed E-state index contributed by atoms with van der Waals surface area (Å²) in [6.07, 6.45) is 0. The van der Waals surface area contributed by atoms with Gasteiger partial charge < -0.3 is 11.1 Å². The summed E-state index contributed by atoms with van der Waals surface area (Å²) in [5.41, 5.74) is 8.89. The third-order valence-corrected chi connectivity index (χ3v) is 3.12. The van der Waals surface area contributed by atoms with Crippen LogP contribution >= 0.6 is 11.6 Å². The first-order chi connectivity index (χ1) is 9.15. The van der Waals surface area contributed by atoms with E-state index in [1.54, 1.807) is 0 Å². The van der Waals surface area contributed by atoms with Gasteiger partial charge in [-0.05, 0) is 36.2 Å². The van der Waals surface area contributed by atoms with E-state index in [1.165, 1.54) is 0 Å². The summed E-state index contributed by atoms with van der Waals surface area (Å²) in [5, 5.41) is 3.81. The Kier molecular flexibility index (Phi) is 4.42. The SMILES string of the molecule is Cc1cc(CN=C(N)Nc2ccccc2)ccc1Cl. The number of guanidine groups is 1. The van der Waals surface area contributed by atoms with E-state index in [-0.39, 0.29) is 0 Å². The molecule has 98 valence electrons. The van der Waals surface area contributed by atoms with Crippen LogP contribution < -0.4 is 11.1 Å². The summed E-state index contributed by atoms with van der Waals surface area (Å²) in [5.74, 6) is 0.402. The highest BCUT2D eigenvalue weighted by Gasteiger charge is 1.98. The average molecular weight is 274 g/mol. The molecular formula is C15H16ClN3. The standard InChI is InChI=1S/C15H16ClN3/c1-11-9-12(7-8-14(11)16)10-18-15(17)19-13-5-3-2-4-6-13/h2-9H,10H2,1H3,(H3,17,18,19). The van der Waals surface area contributed by atoms with Crippen molar-refractivity contribution in [3.05, 3.63) is 64.7 Å². The molecule has 0 saturated carbocycles. The second kappa shape index (κ2) is 6.25. The molecule has 3 N–H and O–H groups in total. The van der Waals surface area contributed by atoms with E-state index in [2.05, 4.69) is 10.3 Å². The zero-order valence-corrected chi connectivity index (χ0v) is 11.5. The van der Waals surface area contributed by atoms with Gasteiger partial charge in [0.05, 0.1) is 6.54 Å². The Morgan fingerprint density at radius 3 is 2.63 bits per heavy atom. The summed E-state index contributed by atoms with van der Waals surface area (Å²) in [6, 6.07) is 15.6. The van der Waals surface area contributed by atoms with Crippen molar-refractivity contribution >= 4 is 23.2 Å². The van der Waals surface area contributed by atoms with Gasteiger partial charge in [0.15, 0.2) is 5.96 Å². The highest BCUT2D eigenvalue weighted by molar-refractivity contribution is 6.31. The summed E-state index contributed by atoms with van der Waals surface area (Å²) < 4.78 is 0. The van der Waals surface area contributed by atoms with Crippen LogP contribution in [0.5, 0.6) is 0 Å². The molecule has 0 saturated heterocycles. The number of halogens is 1. The van der Waals surface area contributed by atoms with Gasteiger partial charge in [-0.1, -0.05) is 41.9 Å². The molecule has 2 rings (SSSR count). The van der Waals surface area contributed by atoms with Crippen LogP contribution in [-0.2, 0) is 6.54 Å². The first-order valence-corrected chi connectivity index (χ1v) is 6.40. The Balaban J connectivity index is 1.99. The first-order valence-electron chi connectivity index (χ1n) is 6.02. The molecule has 0 spiro atoms. The van der Waals surface area contributed by atoms with Crippen molar-refractivity contribution < 1.29 is 0 Å². The summed E-state index contributed by atoms with van der Waals surface area (Å²) in [6.45, 7) is 2.50. The lowest BCUT2D eigenvalue weighted by Crippen LogP contribution is -2.22. The fraction of sp³-hybridized carbons (Fsp3) is 0.133. The van der Waals surface area contributed by atoms with E-state index in [0.29, 0.717) is 12.5 Å². The third kappa shape index (κ3) is 4.00. The molecule has 0 amide bonds. The van der Waals surface area contributed by atoms with E-state index in [1.807, 2.05) is 55.5 Å².